The van der Waals surface area contributed by atoms with Crippen molar-refractivity contribution in [1.82, 2.24) is 5.32 Å². The minimum atomic E-state index is -0.210. The Morgan fingerprint density at radius 2 is 2.00 bits per heavy atom. The van der Waals surface area contributed by atoms with E-state index in [0.717, 1.165) is 16.8 Å². The van der Waals surface area contributed by atoms with Crippen LogP contribution in [0.15, 0.2) is 46.3 Å². The minimum absolute atomic E-state index is 0.210. The van der Waals surface area contributed by atoms with Crippen LogP contribution in [0, 0.1) is 6.92 Å². The first-order chi connectivity index (χ1) is 12.5. The monoisotopic (exact) mass is 388 g/mol. The second-order valence-electron chi connectivity index (χ2n) is 5.47. The molecule has 0 aliphatic carbocycles. The van der Waals surface area contributed by atoms with Crippen molar-refractivity contribution >= 4 is 46.2 Å². The van der Waals surface area contributed by atoms with Crippen LogP contribution in [0.25, 0.3) is 6.08 Å². The quantitative estimate of drug-likeness (QED) is 0.780. The van der Waals surface area contributed by atoms with E-state index in [1.807, 2.05) is 25.1 Å². The summed E-state index contributed by atoms with van der Waals surface area (Å²) in [6, 6.07) is 10.9. The van der Waals surface area contributed by atoms with Gasteiger partial charge in [0.2, 0.25) is 0 Å². The lowest BCUT2D eigenvalue weighted by Gasteiger charge is -2.07. The maximum Gasteiger partial charge on any atom is 0.264 e. The van der Waals surface area contributed by atoms with Gasteiger partial charge in [-0.3, -0.25) is 4.79 Å². The van der Waals surface area contributed by atoms with Crippen LogP contribution < -0.4 is 14.8 Å². The molecule has 1 saturated heterocycles. The van der Waals surface area contributed by atoms with E-state index in [9.17, 15) is 4.79 Å². The molecular weight excluding hydrogens is 372 g/mol. The zero-order valence-corrected chi connectivity index (χ0v) is 16.1. The van der Waals surface area contributed by atoms with Gasteiger partial charge in [-0.1, -0.05) is 17.7 Å². The first-order valence-corrected chi connectivity index (χ1v) is 8.98. The van der Waals surface area contributed by atoms with Crippen molar-refractivity contribution in [3.8, 4) is 11.5 Å². The zero-order chi connectivity index (χ0) is 18.7. The Hall–Kier alpha value is -2.44. The number of aliphatic imine (C=N–C) groups is 1. The molecule has 0 unspecified atom stereocenters. The summed E-state index contributed by atoms with van der Waals surface area (Å²) in [7, 11) is 3.17. The van der Waals surface area contributed by atoms with Gasteiger partial charge < -0.3 is 14.8 Å². The van der Waals surface area contributed by atoms with Crippen molar-refractivity contribution in [3.05, 3.63) is 57.5 Å². The van der Waals surface area contributed by atoms with E-state index in [4.69, 9.17) is 21.1 Å². The van der Waals surface area contributed by atoms with Crippen LogP contribution in [0.3, 0.4) is 0 Å². The lowest BCUT2D eigenvalue weighted by atomic mass is 10.1. The molecule has 134 valence electrons. The van der Waals surface area contributed by atoms with Gasteiger partial charge in [-0.15, -0.1) is 0 Å². The Kier molecular flexibility index (Phi) is 5.54. The number of benzene rings is 2. The molecule has 2 aromatic rings. The number of methoxy groups -OCH3 is 2. The van der Waals surface area contributed by atoms with Crippen LogP contribution in [0.1, 0.15) is 11.1 Å². The van der Waals surface area contributed by atoms with Gasteiger partial charge >= 0.3 is 0 Å². The average molecular weight is 389 g/mol. The van der Waals surface area contributed by atoms with E-state index >= 15 is 0 Å². The highest BCUT2D eigenvalue weighted by molar-refractivity contribution is 8.18. The molecule has 1 amide bonds. The Morgan fingerprint density at radius 3 is 2.73 bits per heavy atom. The van der Waals surface area contributed by atoms with Gasteiger partial charge in [-0.2, -0.15) is 0 Å². The number of halogens is 1. The van der Waals surface area contributed by atoms with Gasteiger partial charge in [0.25, 0.3) is 5.91 Å². The second kappa shape index (κ2) is 7.85. The zero-order valence-electron chi connectivity index (χ0n) is 14.5. The molecule has 0 atom stereocenters. The third-order valence-electron chi connectivity index (χ3n) is 3.84. The van der Waals surface area contributed by atoms with E-state index in [0.29, 0.717) is 26.6 Å². The van der Waals surface area contributed by atoms with Crippen molar-refractivity contribution in [2.75, 3.05) is 14.2 Å². The number of thioether (sulfide) groups is 1. The van der Waals surface area contributed by atoms with Gasteiger partial charge in [0.1, 0.15) is 11.5 Å². The van der Waals surface area contributed by atoms with E-state index in [-0.39, 0.29) is 5.91 Å². The van der Waals surface area contributed by atoms with E-state index in [1.165, 1.54) is 11.8 Å². The number of amidine groups is 1. The number of ether oxygens (including phenoxy) is 2. The van der Waals surface area contributed by atoms with E-state index < -0.39 is 0 Å². The van der Waals surface area contributed by atoms with Crippen LogP contribution in [-0.4, -0.2) is 25.3 Å². The number of amides is 1. The smallest absolute Gasteiger partial charge is 0.264 e. The number of carbonyl (C=O) groups excluding carboxylic acids is 1. The summed E-state index contributed by atoms with van der Waals surface area (Å²) in [6.07, 6.45) is 1.76. The first kappa shape index (κ1) is 18.4. The number of nitrogens with zero attached hydrogens (tertiary/aromatic N) is 1. The van der Waals surface area contributed by atoms with Gasteiger partial charge in [0, 0.05) is 10.6 Å². The van der Waals surface area contributed by atoms with Crippen molar-refractivity contribution in [2.24, 2.45) is 4.99 Å². The van der Waals surface area contributed by atoms with Gasteiger partial charge in [0.05, 0.1) is 24.8 Å². The summed E-state index contributed by atoms with van der Waals surface area (Å²) < 4.78 is 10.6. The van der Waals surface area contributed by atoms with E-state index in [2.05, 4.69) is 10.3 Å². The Morgan fingerprint density at radius 1 is 1.19 bits per heavy atom. The molecule has 1 fully saturated rings. The van der Waals surface area contributed by atoms with Crippen LogP contribution >= 0.6 is 23.4 Å². The summed E-state index contributed by atoms with van der Waals surface area (Å²) in [5, 5.41) is 3.92. The molecule has 1 heterocycles. The third-order valence-corrected chi connectivity index (χ3v) is 5.15. The fourth-order valence-electron chi connectivity index (χ4n) is 2.40. The Labute approximate surface area is 161 Å². The normalized spacial score (nSPS) is 16.8. The van der Waals surface area contributed by atoms with Gasteiger partial charge in [-0.25, -0.2) is 4.99 Å². The van der Waals surface area contributed by atoms with Crippen molar-refractivity contribution in [3.63, 3.8) is 0 Å². The predicted octanol–water partition coefficient (Wildman–Crippen LogP) is 4.56. The molecule has 0 aromatic heterocycles. The Bertz CT molecular complexity index is 925. The molecule has 0 saturated carbocycles. The highest BCUT2D eigenvalue weighted by Crippen LogP contribution is 2.33. The highest BCUT2D eigenvalue weighted by Gasteiger charge is 2.24. The molecule has 1 aliphatic heterocycles. The first-order valence-electron chi connectivity index (χ1n) is 7.78. The topological polar surface area (TPSA) is 59.9 Å². The third kappa shape index (κ3) is 3.86. The second-order valence-corrected chi connectivity index (χ2v) is 6.91. The number of nitrogens with one attached hydrogen (secondary N) is 1. The standard InChI is InChI=1S/C19H17ClN2O3S/c1-11-14(20)5-4-6-15(11)21-19-22-18(23)17(26-19)10-12-9-13(24-2)7-8-16(12)25-3/h4-10H,1-3H3,(H,21,22,23). The molecule has 7 heteroatoms. The summed E-state index contributed by atoms with van der Waals surface area (Å²) in [6.45, 7) is 1.89. The van der Waals surface area contributed by atoms with Crippen LogP contribution in [-0.2, 0) is 4.79 Å². The van der Waals surface area contributed by atoms with Crippen molar-refractivity contribution in [2.45, 2.75) is 6.92 Å². The SMILES string of the molecule is COc1ccc(OC)c(C=C2SC(=Nc3cccc(Cl)c3C)NC2=O)c1. The van der Waals surface area contributed by atoms with E-state index in [1.54, 1.807) is 38.5 Å². The molecule has 26 heavy (non-hydrogen) atoms. The molecule has 1 N–H and O–H groups in total. The van der Waals surface area contributed by atoms with Crippen LogP contribution in [0.4, 0.5) is 5.69 Å². The molecule has 2 aromatic carbocycles. The minimum Gasteiger partial charge on any atom is -0.497 e. The number of hydrogen-bond acceptors (Lipinski definition) is 5. The van der Waals surface area contributed by atoms with Crippen LogP contribution in [0.2, 0.25) is 5.02 Å². The maximum absolute atomic E-state index is 12.3. The lowest BCUT2D eigenvalue weighted by Crippen LogP contribution is -2.19. The number of hydrogen-bond donors (Lipinski definition) is 1. The van der Waals surface area contributed by atoms with Crippen LogP contribution in [0.5, 0.6) is 11.5 Å². The summed E-state index contributed by atoms with van der Waals surface area (Å²) in [4.78, 5) is 17.3. The van der Waals surface area contributed by atoms with Gasteiger partial charge in [-0.05, 0) is 60.7 Å². The summed E-state index contributed by atoms with van der Waals surface area (Å²) >= 11 is 7.39. The average Bonchev–Trinajstić information content (AvgIpc) is 2.98. The van der Waals surface area contributed by atoms with Crippen molar-refractivity contribution < 1.29 is 14.3 Å². The molecular formula is C19H17ClN2O3S. The number of carbonyl (C=O) groups is 1. The summed E-state index contributed by atoms with van der Waals surface area (Å²) in [5.74, 6) is 1.13. The number of rotatable bonds is 4. The van der Waals surface area contributed by atoms with Crippen molar-refractivity contribution in [1.29, 1.82) is 0 Å². The molecule has 5 nitrogen and oxygen atoms in total. The van der Waals surface area contributed by atoms with Gasteiger partial charge in [0.15, 0.2) is 5.17 Å². The molecule has 1 aliphatic rings. The maximum atomic E-state index is 12.3. The highest BCUT2D eigenvalue weighted by atomic mass is 35.5. The Balaban J connectivity index is 1.92. The fourth-order valence-corrected chi connectivity index (χ4v) is 3.40. The molecule has 0 spiro atoms. The lowest BCUT2D eigenvalue weighted by molar-refractivity contribution is -0.115. The predicted molar refractivity (Wildman–Crippen MR) is 107 cm³/mol. The largest absolute Gasteiger partial charge is 0.497 e. The summed E-state index contributed by atoms with van der Waals surface area (Å²) in [5.41, 5.74) is 2.34. The molecule has 0 radical (unpaired) electrons. The molecule has 3 rings (SSSR count). The molecule has 0 bridgehead atoms. The fraction of sp³-hybridized carbons (Fsp3) is 0.158.